The highest BCUT2D eigenvalue weighted by Crippen LogP contribution is 2.38. The first-order valence-electron chi connectivity index (χ1n) is 7.08. The number of ether oxygens (including phenoxy) is 2. The van der Waals surface area contributed by atoms with Crippen LogP contribution in [0.15, 0.2) is 12.7 Å². The standard InChI is InChI=1S/C12H16N5O6P/c1-13-10-7-11(15-4-14-10)17(5-16-7)12-9(21-2)8(23-24(19)20)6(3-18)22-12/h4-6,8-9,12,18H,3H2,1-2H3,(H-,13,14,15,19,20)/p+1/t6-,8+,9?,12-/m1/s1. The zero-order valence-corrected chi connectivity index (χ0v) is 13.8. The molecule has 0 bridgehead atoms. The molecule has 1 fully saturated rings. The second kappa shape index (κ2) is 7.01. The van der Waals surface area contributed by atoms with Crippen molar-refractivity contribution in [1.29, 1.82) is 0 Å². The lowest BCUT2D eigenvalue weighted by molar-refractivity contribution is -0.0583. The van der Waals surface area contributed by atoms with E-state index in [-0.39, 0.29) is 0 Å². The predicted molar refractivity (Wildman–Crippen MR) is 81.4 cm³/mol. The van der Waals surface area contributed by atoms with Crippen LogP contribution in [0.3, 0.4) is 0 Å². The van der Waals surface area contributed by atoms with E-state index in [0.29, 0.717) is 17.0 Å². The molecule has 0 aromatic carbocycles. The van der Waals surface area contributed by atoms with Crippen molar-refractivity contribution < 1.29 is 28.6 Å². The van der Waals surface area contributed by atoms with Gasteiger partial charge in [0, 0.05) is 18.7 Å². The zero-order chi connectivity index (χ0) is 17.3. The number of aliphatic hydroxyl groups excluding tert-OH is 1. The van der Waals surface area contributed by atoms with Crippen LogP contribution in [0.25, 0.3) is 11.2 Å². The van der Waals surface area contributed by atoms with Gasteiger partial charge in [0.25, 0.3) is 0 Å². The third-order valence-corrected chi connectivity index (χ3v) is 4.24. The Labute approximate surface area is 137 Å². The summed E-state index contributed by atoms with van der Waals surface area (Å²) in [6.07, 6.45) is -0.330. The minimum absolute atomic E-state index is 0.395. The fourth-order valence-electron chi connectivity index (χ4n) is 2.78. The summed E-state index contributed by atoms with van der Waals surface area (Å²) in [5.74, 6) is 0.552. The molecule has 0 radical (unpaired) electrons. The van der Waals surface area contributed by atoms with Crippen molar-refractivity contribution >= 4 is 25.2 Å². The number of aromatic nitrogens is 4. The van der Waals surface area contributed by atoms with Crippen LogP contribution in [-0.2, 0) is 18.6 Å². The molecule has 3 heterocycles. The van der Waals surface area contributed by atoms with Gasteiger partial charge in [0.1, 0.15) is 24.1 Å². The fourth-order valence-corrected chi connectivity index (χ4v) is 3.25. The lowest BCUT2D eigenvalue weighted by Gasteiger charge is -2.19. The first-order chi connectivity index (χ1) is 11.6. The molecule has 1 aliphatic heterocycles. The van der Waals surface area contributed by atoms with Gasteiger partial charge in [0.15, 0.2) is 23.8 Å². The summed E-state index contributed by atoms with van der Waals surface area (Å²) in [6, 6.07) is 0. The molecule has 0 spiro atoms. The van der Waals surface area contributed by atoms with Gasteiger partial charge in [0.2, 0.25) is 0 Å². The summed E-state index contributed by atoms with van der Waals surface area (Å²) in [5.41, 5.74) is 1.03. The van der Waals surface area contributed by atoms with Gasteiger partial charge in [-0.3, -0.25) is 4.57 Å². The van der Waals surface area contributed by atoms with Crippen LogP contribution in [0.5, 0.6) is 0 Å². The van der Waals surface area contributed by atoms with E-state index >= 15 is 0 Å². The number of aliphatic hydroxyl groups is 1. The number of nitrogens with one attached hydrogen (secondary N) is 1. The summed E-state index contributed by atoms with van der Waals surface area (Å²) in [7, 11) is 0.265. The van der Waals surface area contributed by atoms with E-state index in [1.807, 2.05) is 0 Å². The Morgan fingerprint density at radius 2 is 2.21 bits per heavy atom. The molecule has 12 heteroatoms. The SMILES string of the molecule is CNc1ncnc2c1ncn2[C@@H]1O[C@H](CO)[C@H](O[P+](=O)O)C1OC. The van der Waals surface area contributed by atoms with E-state index in [1.54, 1.807) is 11.6 Å². The topological polar surface area (TPSA) is 141 Å². The van der Waals surface area contributed by atoms with Gasteiger partial charge in [-0.1, -0.05) is 0 Å². The lowest BCUT2D eigenvalue weighted by atomic mass is 10.1. The number of fused-ring (bicyclic) bond motifs is 1. The largest absolute Gasteiger partial charge is 0.695 e. The third-order valence-electron chi connectivity index (χ3n) is 3.82. The van der Waals surface area contributed by atoms with Gasteiger partial charge >= 0.3 is 8.25 Å². The number of nitrogens with zero attached hydrogens (tertiary/aromatic N) is 4. The Balaban J connectivity index is 2.01. The third kappa shape index (κ3) is 2.86. The molecule has 130 valence electrons. The summed E-state index contributed by atoms with van der Waals surface area (Å²) in [4.78, 5) is 21.6. The Hall–Kier alpha value is -1.75. The number of methoxy groups -OCH3 is 1. The van der Waals surface area contributed by atoms with E-state index in [4.69, 9.17) is 18.9 Å². The molecule has 0 saturated carbocycles. The van der Waals surface area contributed by atoms with Crippen LogP contribution < -0.4 is 5.32 Å². The van der Waals surface area contributed by atoms with Crippen LogP contribution >= 0.6 is 8.25 Å². The molecule has 2 aromatic rings. The van der Waals surface area contributed by atoms with Crippen LogP contribution in [0.4, 0.5) is 5.82 Å². The Kier molecular flexibility index (Phi) is 4.99. The molecule has 24 heavy (non-hydrogen) atoms. The summed E-state index contributed by atoms with van der Waals surface area (Å²) in [6.45, 7) is -0.395. The maximum Gasteiger partial charge on any atom is 0.695 e. The van der Waals surface area contributed by atoms with Crippen molar-refractivity contribution in [3.05, 3.63) is 12.7 Å². The van der Waals surface area contributed by atoms with Gasteiger partial charge in [-0.25, -0.2) is 15.0 Å². The molecular weight excluding hydrogens is 341 g/mol. The number of rotatable bonds is 6. The molecule has 11 nitrogen and oxygen atoms in total. The van der Waals surface area contributed by atoms with Crippen LogP contribution in [0.2, 0.25) is 0 Å². The quantitative estimate of drug-likeness (QED) is 0.595. The fraction of sp³-hybridized carbons (Fsp3) is 0.583. The average Bonchev–Trinajstić information content (AvgIpc) is 3.14. The second-order valence-corrected chi connectivity index (χ2v) is 5.74. The number of imidazole rings is 1. The maximum absolute atomic E-state index is 11.1. The zero-order valence-electron chi connectivity index (χ0n) is 12.9. The predicted octanol–water partition coefficient (Wildman–Crippen LogP) is -0.192. The van der Waals surface area contributed by atoms with Gasteiger partial charge in [-0.15, -0.1) is 9.42 Å². The molecule has 5 atom stereocenters. The van der Waals surface area contributed by atoms with Crippen molar-refractivity contribution in [2.24, 2.45) is 0 Å². The average molecular weight is 358 g/mol. The normalized spacial score (nSPS) is 27.6. The molecule has 1 aliphatic rings. The van der Waals surface area contributed by atoms with Gasteiger partial charge < -0.3 is 19.9 Å². The van der Waals surface area contributed by atoms with E-state index in [2.05, 4.69) is 20.3 Å². The van der Waals surface area contributed by atoms with Gasteiger partial charge in [-0.05, 0) is 0 Å². The maximum atomic E-state index is 11.1. The molecule has 2 aromatic heterocycles. The van der Waals surface area contributed by atoms with Crippen LogP contribution in [0.1, 0.15) is 6.23 Å². The van der Waals surface area contributed by atoms with Crippen molar-refractivity contribution in [3.63, 3.8) is 0 Å². The second-order valence-electron chi connectivity index (χ2n) is 5.05. The Bertz CT molecular complexity index is 742. The number of anilines is 1. The molecule has 2 unspecified atom stereocenters. The Morgan fingerprint density at radius 1 is 1.42 bits per heavy atom. The van der Waals surface area contributed by atoms with Crippen LogP contribution in [-0.4, -0.2) is 68.6 Å². The molecule has 1 saturated heterocycles. The monoisotopic (exact) mass is 358 g/mol. The molecule has 0 aliphatic carbocycles. The highest BCUT2D eigenvalue weighted by Gasteiger charge is 2.51. The first-order valence-corrected chi connectivity index (χ1v) is 8.21. The van der Waals surface area contributed by atoms with E-state index in [0.717, 1.165) is 0 Å². The van der Waals surface area contributed by atoms with E-state index < -0.39 is 39.4 Å². The van der Waals surface area contributed by atoms with Crippen molar-refractivity contribution in [2.75, 3.05) is 26.1 Å². The highest BCUT2D eigenvalue weighted by molar-refractivity contribution is 7.32. The first kappa shape index (κ1) is 17.1. The number of hydrogen-bond acceptors (Lipinski definition) is 9. The minimum atomic E-state index is -2.88. The molecule has 0 amide bonds. The lowest BCUT2D eigenvalue weighted by Crippen LogP contribution is -2.35. The summed E-state index contributed by atoms with van der Waals surface area (Å²) >= 11 is 0. The molecular formula is C12H17N5O6P+. The van der Waals surface area contributed by atoms with Crippen molar-refractivity contribution in [1.82, 2.24) is 19.5 Å². The van der Waals surface area contributed by atoms with Gasteiger partial charge in [-0.2, -0.15) is 0 Å². The van der Waals surface area contributed by atoms with E-state index in [1.165, 1.54) is 19.8 Å². The van der Waals surface area contributed by atoms with Crippen molar-refractivity contribution in [2.45, 2.75) is 24.5 Å². The number of hydrogen-bond donors (Lipinski definition) is 3. The minimum Gasteiger partial charge on any atom is -0.394 e. The van der Waals surface area contributed by atoms with Crippen molar-refractivity contribution in [3.8, 4) is 0 Å². The van der Waals surface area contributed by atoms with Crippen LogP contribution in [0, 0.1) is 0 Å². The Morgan fingerprint density at radius 3 is 2.83 bits per heavy atom. The molecule has 3 N–H and O–H groups in total. The summed E-state index contributed by atoms with van der Waals surface area (Å²) < 4.78 is 28.8. The van der Waals surface area contributed by atoms with Gasteiger partial charge in [0.05, 0.1) is 12.9 Å². The highest BCUT2D eigenvalue weighted by atomic mass is 31.1. The smallest absolute Gasteiger partial charge is 0.394 e. The molecule has 3 rings (SSSR count). The summed E-state index contributed by atoms with van der Waals surface area (Å²) in [5, 5.41) is 12.4. The van der Waals surface area contributed by atoms with E-state index in [9.17, 15) is 9.67 Å².